The Kier molecular flexibility index (Phi) is 14.0. The second kappa shape index (κ2) is 18.9. The molecule has 1 heterocycles. The van der Waals surface area contributed by atoms with Gasteiger partial charge in [0, 0.05) is 31.9 Å². The minimum atomic E-state index is -4.80. The summed E-state index contributed by atoms with van der Waals surface area (Å²) in [6.45, 7) is 5.29. The third-order valence-corrected chi connectivity index (χ3v) is 12.7. The standard InChI is InChI=1S/C40H43N3O11S2/c1-28-8-13-33(14-9-28)55(47,48)43(31-10-17-37-30(26-31)27-36(40(46)54-37)35-7-5-4-6-29(35)2)56(49,50)34-15-11-32(12-16-34)53-23-21-42-39(45)19-18-38(44)41-20-22-52-25-24-51-3/h4-17,26-27H,18-25H2,1-3H3,(H,41,44)(H,42,45). The van der Waals surface area contributed by atoms with E-state index < -0.39 is 25.7 Å². The van der Waals surface area contributed by atoms with Gasteiger partial charge in [-0.15, -0.1) is 0 Å². The number of hydrogen-bond donors (Lipinski definition) is 2. The summed E-state index contributed by atoms with van der Waals surface area (Å²) in [5.74, 6) is -0.366. The lowest BCUT2D eigenvalue weighted by molar-refractivity contribution is -0.126. The van der Waals surface area contributed by atoms with E-state index in [1.165, 1.54) is 54.6 Å². The maximum atomic E-state index is 14.4. The van der Waals surface area contributed by atoms with Crippen LogP contribution >= 0.6 is 0 Å². The summed E-state index contributed by atoms with van der Waals surface area (Å²) in [5.41, 5.74) is 1.77. The Labute approximate surface area is 325 Å². The lowest BCUT2D eigenvalue weighted by Crippen LogP contribution is -2.37. The molecular formula is C40H43N3O11S2. The fraction of sp³-hybridized carbons (Fsp3) is 0.275. The van der Waals surface area contributed by atoms with Gasteiger partial charge in [-0.25, -0.2) is 21.6 Å². The van der Waals surface area contributed by atoms with Crippen molar-refractivity contribution in [2.24, 2.45) is 0 Å². The third kappa shape index (κ3) is 10.4. The predicted octanol–water partition coefficient (Wildman–Crippen LogP) is 4.72. The van der Waals surface area contributed by atoms with Crippen molar-refractivity contribution in [2.45, 2.75) is 36.5 Å². The van der Waals surface area contributed by atoms with Crippen molar-refractivity contribution in [1.29, 1.82) is 0 Å². The molecule has 296 valence electrons. The summed E-state index contributed by atoms with van der Waals surface area (Å²) in [6, 6.07) is 23.7. The van der Waals surface area contributed by atoms with Crippen LogP contribution in [0, 0.1) is 13.8 Å². The van der Waals surface area contributed by atoms with Crippen LogP contribution in [0.2, 0.25) is 0 Å². The summed E-state index contributed by atoms with van der Waals surface area (Å²) in [6.07, 6.45) is -0.0220. The molecule has 0 fully saturated rings. The molecule has 0 spiro atoms. The van der Waals surface area contributed by atoms with Crippen molar-refractivity contribution in [3.63, 3.8) is 0 Å². The van der Waals surface area contributed by atoms with E-state index in [1.54, 1.807) is 44.4 Å². The number of sulfonamides is 2. The number of benzene rings is 4. The first-order chi connectivity index (χ1) is 26.8. The number of anilines is 1. The van der Waals surface area contributed by atoms with Gasteiger partial charge in [-0.3, -0.25) is 9.59 Å². The van der Waals surface area contributed by atoms with Crippen LogP contribution in [0.1, 0.15) is 24.0 Å². The number of carbonyl (C=O) groups is 2. The zero-order valence-corrected chi connectivity index (χ0v) is 32.8. The summed E-state index contributed by atoms with van der Waals surface area (Å²) >= 11 is 0. The zero-order valence-electron chi connectivity index (χ0n) is 31.1. The Morgan fingerprint density at radius 2 is 1.30 bits per heavy atom. The van der Waals surface area contributed by atoms with E-state index in [2.05, 4.69) is 10.6 Å². The SMILES string of the molecule is COCCOCCNC(=O)CCC(=O)NCCOc1ccc(S(=O)(=O)N(c2ccc3oc(=O)c(-c4ccccc4C)cc3c2)S(=O)(=O)c2ccc(C)cc2)cc1. The molecule has 5 aromatic rings. The molecule has 0 saturated carbocycles. The number of aryl methyl sites for hydroxylation is 2. The van der Waals surface area contributed by atoms with E-state index in [1.807, 2.05) is 19.1 Å². The quantitative estimate of drug-likeness (QED) is 0.0869. The predicted molar refractivity (Wildman–Crippen MR) is 211 cm³/mol. The highest BCUT2D eigenvalue weighted by atomic mass is 32.3. The summed E-state index contributed by atoms with van der Waals surface area (Å²) in [7, 11) is -7.96. The molecule has 0 saturated heterocycles. The van der Waals surface area contributed by atoms with Gasteiger partial charge in [0.25, 0.3) is 20.0 Å². The van der Waals surface area contributed by atoms with Crippen LogP contribution in [0.4, 0.5) is 5.69 Å². The van der Waals surface area contributed by atoms with Gasteiger partial charge < -0.3 is 29.3 Å². The van der Waals surface area contributed by atoms with Crippen molar-refractivity contribution >= 4 is 48.5 Å². The van der Waals surface area contributed by atoms with Gasteiger partial charge >= 0.3 is 5.63 Å². The van der Waals surface area contributed by atoms with Gasteiger partial charge in [0.05, 0.1) is 47.4 Å². The van der Waals surface area contributed by atoms with Crippen molar-refractivity contribution in [3.8, 4) is 16.9 Å². The fourth-order valence-electron chi connectivity index (χ4n) is 5.57. The van der Waals surface area contributed by atoms with Crippen LogP contribution in [0.5, 0.6) is 5.75 Å². The number of hydrogen-bond acceptors (Lipinski definition) is 11. The summed E-state index contributed by atoms with van der Waals surface area (Å²) < 4.78 is 78.9. The average Bonchev–Trinajstić information content (AvgIpc) is 3.17. The average molecular weight is 806 g/mol. The molecule has 0 unspecified atom stereocenters. The van der Waals surface area contributed by atoms with Crippen LogP contribution in [-0.4, -0.2) is 75.3 Å². The third-order valence-electron chi connectivity index (χ3n) is 8.51. The molecule has 16 heteroatoms. The van der Waals surface area contributed by atoms with E-state index in [4.69, 9.17) is 18.6 Å². The van der Waals surface area contributed by atoms with E-state index in [9.17, 15) is 31.2 Å². The van der Waals surface area contributed by atoms with Crippen LogP contribution in [-0.2, 0) is 39.1 Å². The monoisotopic (exact) mass is 805 g/mol. The topological polar surface area (TPSA) is 188 Å². The van der Waals surface area contributed by atoms with Crippen LogP contribution in [0.3, 0.4) is 0 Å². The van der Waals surface area contributed by atoms with Gasteiger partial charge in [-0.1, -0.05) is 42.0 Å². The molecule has 2 amide bonds. The first kappa shape index (κ1) is 41.6. The molecule has 0 aliphatic rings. The molecule has 0 bridgehead atoms. The van der Waals surface area contributed by atoms with Crippen LogP contribution in [0.15, 0.2) is 116 Å². The van der Waals surface area contributed by atoms with Crippen molar-refractivity contribution < 1.29 is 45.1 Å². The molecule has 2 N–H and O–H groups in total. The first-order valence-electron chi connectivity index (χ1n) is 17.7. The fourth-order valence-corrected chi connectivity index (χ4v) is 9.25. The van der Waals surface area contributed by atoms with Crippen LogP contribution in [0.25, 0.3) is 22.1 Å². The van der Waals surface area contributed by atoms with Gasteiger partial charge in [0.15, 0.2) is 0 Å². The smallest absolute Gasteiger partial charge is 0.344 e. The number of methoxy groups -OCH3 is 1. The molecule has 0 aliphatic heterocycles. The number of amides is 2. The van der Waals surface area contributed by atoms with Gasteiger partial charge in [0.2, 0.25) is 11.8 Å². The minimum Gasteiger partial charge on any atom is -0.492 e. The Bertz CT molecular complexity index is 2430. The highest BCUT2D eigenvalue weighted by Crippen LogP contribution is 2.34. The number of rotatable bonds is 19. The molecule has 14 nitrogen and oxygen atoms in total. The van der Waals surface area contributed by atoms with Crippen molar-refractivity contribution in [1.82, 2.24) is 10.6 Å². The second-order valence-electron chi connectivity index (χ2n) is 12.6. The Balaban J connectivity index is 1.31. The zero-order chi connectivity index (χ0) is 40.3. The Hall–Kier alpha value is -5.55. The number of carbonyl (C=O) groups excluding carboxylic acids is 2. The van der Waals surface area contributed by atoms with E-state index in [0.29, 0.717) is 41.0 Å². The van der Waals surface area contributed by atoms with E-state index in [-0.39, 0.29) is 70.2 Å². The largest absolute Gasteiger partial charge is 0.492 e. The Morgan fingerprint density at radius 1 is 0.696 bits per heavy atom. The Morgan fingerprint density at radius 3 is 1.93 bits per heavy atom. The molecular weight excluding hydrogens is 763 g/mol. The molecule has 0 atom stereocenters. The summed E-state index contributed by atoms with van der Waals surface area (Å²) in [5, 5.41) is 5.63. The molecule has 5 rings (SSSR count). The second-order valence-corrected chi connectivity index (χ2v) is 16.4. The maximum Gasteiger partial charge on any atom is 0.344 e. The molecule has 0 aliphatic carbocycles. The molecule has 4 aromatic carbocycles. The highest BCUT2D eigenvalue weighted by molar-refractivity contribution is 8.10. The highest BCUT2D eigenvalue weighted by Gasteiger charge is 2.37. The molecule has 56 heavy (non-hydrogen) atoms. The first-order valence-corrected chi connectivity index (χ1v) is 20.5. The van der Waals surface area contributed by atoms with Gasteiger partial charge in [-0.05, 0) is 85.6 Å². The normalized spacial score (nSPS) is 11.6. The minimum absolute atomic E-state index is 0.00137. The number of fused-ring (bicyclic) bond motifs is 1. The molecule has 1 aromatic heterocycles. The number of nitrogens with one attached hydrogen (secondary N) is 2. The maximum absolute atomic E-state index is 14.4. The molecule has 0 radical (unpaired) electrons. The van der Waals surface area contributed by atoms with Crippen molar-refractivity contribution in [2.75, 3.05) is 50.3 Å². The lowest BCUT2D eigenvalue weighted by atomic mass is 10.0. The van der Waals surface area contributed by atoms with Crippen LogP contribution < -0.4 is 24.7 Å². The van der Waals surface area contributed by atoms with Gasteiger partial charge in [-0.2, -0.15) is 3.71 Å². The van der Waals surface area contributed by atoms with E-state index >= 15 is 0 Å². The number of nitrogens with zero attached hydrogens (tertiary/aromatic N) is 1. The van der Waals surface area contributed by atoms with Crippen molar-refractivity contribution in [3.05, 3.63) is 119 Å². The lowest BCUT2D eigenvalue weighted by Gasteiger charge is -2.24. The number of ether oxygens (including phenoxy) is 3. The van der Waals surface area contributed by atoms with E-state index in [0.717, 1.165) is 11.1 Å². The van der Waals surface area contributed by atoms with Gasteiger partial charge in [0.1, 0.15) is 17.9 Å². The summed E-state index contributed by atoms with van der Waals surface area (Å²) in [4.78, 5) is 36.5.